The van der Waals surface area contributed by atoms with Crippen molar-refractivity contribution in [3.8, 4) is 0 Å². The zero-order chi connectivity index (χ0) is 16.0. The minimum atomic E-state index is -1.36. The average Bonchev–Trinajstić information content (AvgIpc) is 2.88. The van der Waals surface area contributed by atoms with Crippen LogP contribution in [0.25, 0.3) is 10.9 Å². The van der Waals surface area contributed by atoms with Crippen LogP contribution in [0, 0.1) is 24.4 Å². The summed E-state index contributed by atoms with van der Waals surface area (Å²) in [7, 11) is 0. The van der Waals surface area contributed by atoms with E-state index in [2.05, 4.69) is 15.9 Å². The number of fused-ring (bicyclic) bond motifs is 1. The Hall–Kier alpha value is -2.08. The summed E-state index contributed by atoms with van der Waals surface area (Å²) in [6.07, 6.45) is 0. The number of hydrogen-bond acceptors (Lipinski definition) is 1. The van der Waals surface area contributed by atoms with E-state index < -0.39 is 33.3 Å². The molecule has 3 aromatic rings. The van der Waals surface area contributed by atoms with E-state index in [1.54, 1.807) is 30.3 Å². The van der Waals surface area contributed by atoms with Crippen LogP contribution in [0.3, 0.4) is 0 Å². The minimum absolute atomic E-state index is 0.146. The second-order valence-electron chi connectivity index (χ2n) is 4.81. The molecule has 0 radical (unpaired) electrons. The Bertz CT molecular complexity index is 903. The number of aromatic nitrogens is 1. The number of nitrogens with zero attached hydrogens (tertiary/aromatic N) is 1. The molecule has 0 aliphatic heterocycles. The first-order valence-electron chi connectivity index (χ1n) is 6.37. The lowest BCUT2D eigenvalue weighted by molar-refractivity contribution is 0.0962. The summed E-state index contributed by atoms with van der Waals surface area (Å²) >= 11 is 2.68. The molecule has 0 saturated heterocycles. The molecule has 22 heavy (non-hydrogen) atoms. The Labute approximate surface area is 132 Å². The maximum atomic E-state index is 14.2. The first-order valence-corrected chi connectivity index (χ1v) is 7.16. The van der Waals surface area contributed by atoms with Crippen molar-refractivity contribution in [1.29, 1.82) is 0 Å². The highest BCUT2D eigenvalue weighted by molar-refractivity contribution is 9.10. The van der Waals surface area contributed by atoms with Gasteiger partial charge in [0.15, 0.2) is 11.6 Å². The fraction of sp³-hybridized carbons (Fsp3) is 0.0625. The van der Waals surface area contributed by atoms with Crippen LogP contribution in [0.15, 0.2) is 40.9 Å². The molecule has 2 nitrogen and oxygen atoms in total. The Balaban J connectivity index is 2.36. The molecule has 1 aromatic heterocycles. The van der Waals surface area contributed by atoms with Gasteiger partial charge in [0.1, 0.15) is 5.82 Å². The first kappa shape index (κ1) is 14.8. The van der Waals surface area contributed by atoms with Crippen molar-refractivity contribution in [1.82, 2.24) is 4.57 Å². The molecule has 0 unspecified atom stereocenters. The quantitative estimate of drug-likeness (QED) is 0.446. The third kappa shape index (κ3) is 2.06. The molecule has 0 aliphatic rings. The molecule has 2 aromatic carbocycles. The fourth-order valence-corrected chi connectivity index (χ4v) is 2.80. The number of benzene rings is 2. The molecule has 0 bridgehead atoms. The van der Waals surface area contributed by atoms with E-state index in [0.29, 0.717) is 11.3 Å². The van der Waals surface area contributed by atoms with Gasteiger partial charge in [-0.05, 0) is 41.1 Å². The second-order valence-corrected chi connectivity index (χ2v) is 5.60. The topological polar surface area (TPSA) is 22.0 Å². The molecule has 0 atom stereocenters. The molecule has 6 heteroatoms. The van der Waals surface area contributed by atoms with Crippen molar-refractivity contribution >= 4 is 32.7 Å². The third-order valence-electron chi connectivity index (χ3n) is 3.43. The van der Waals surface area contributed by atoms with Crippen LogP contribution in [-0.4, -0.2) is 10.5 Å². The van der Waals surface area contributed by atoms with E-state index in [1.165, 1.54) is 13.0 Å². The molecular formula is C16H9BrF3NO. The Morgan fingerprint density at radius 1 is 1.05 bits per heavy atom. The molecule has 0 N–H and O–H groups in total. The summed E-state index contributed by atoms with van der Waals surface area (Å²) < 4.78 is 42.6. The van der Waals surface area contributed by atoms with E-state index >= 15 is 0 Å². The van der Waals surface area contributed by atoms with Gasteiger partial charge in [0, 0.05) is 16.6 Å². The van der Waals surface area contributed by atoms with Crippen LogP contribution in [0.2, 0.25) is 0 Å². The van der Waals surface area contributed by atoms with Crippen molar-refractivity contribution in [2.75, 3.05) is 0 Å². The van der Waals surface area contributed by atoms with Crippen LogP contribution in [0.4, 0.5) is 13.2 Å². The van der Waals surface area contributed by atoms with Gasteiger partial charge in [-0.15, -0.1) is 0 Å². The summed E-state index contributed by atoms with van der Waals surface area (Å²) in [6.45, 7) is 1.53. The summed E-state index contributed by atoms with van der Waals surface area (Å²) in [6, 6.07) is 9.46. The zero-order valence-electron chi connectivity index (χ0n) is 11.3. The lowest BCUT2D eigenvalue weighted by atomic mass is 10.2. The summed E-state index contributed by atoms with van der Waals surface area (Å²) in [4.78, 5) is 12.5. The maximum Gasteiger partial charge on any atom is 0.262 e. The van der Waals surface area contributed by atoms with E-state index in [4.69, 9.17) is 0 Å². The van der Waals surface area contributed by atoms with Crippen molar-refractivity contribution < 1.29 is 18.0 Å². The van der Waals surface area contributed by atoms with E-state index in [1.807, 2.05) is 0 Å². The average molecular weight is 368 g/mol. The monoisotopic (exact) mass is 367 g/mol. The normalized spacial score (nSPS) is 11.1. The van der Waals surface area contributed by atoms with Crippen molar-refractivity contribution in [2.45, 2.75) is 6.92 Å². The van der Waals surface area contributed by atoms with Crippen molar-refractivity contribution in [3.05, 3.63) is 69.6 Å². The highest BCUT2D eigenvalue weighted by atomic mass is 79.9. The number of aryl methyl sites for hydroxylation is 1. The van der Waals surface area contributed by atoms with Crippen LogP contribution < -0.4 is 0 Å². The highest BCUT2D eigenvalue weighted by Gasteiger charge is 2.25. The predicted molar refractivity (Wildman–Crippen MR) is 80.4 cm³/mol. The van der Waals surface area contributed by atoms with E-state index in [-0.39, 0.29) is 5.39 Å². The molecule has 0 aliphatic carbocycles. The Kier molecular flexibility index (Phi) is 3.56. The van der Waals surface area contributed by atoms with Gasteiger partial charge in [-0.2, -0.15) is 0 Å². The Morgan fingerprint density at radius 3 is 2.32 bits per heavy atom. The number of hydrogen-bond donors (Lipinski definition) is 0. The molecule has 0 saturated carbocycles. The highest BCUT2D eigenvalue weighted by Crippen LogP contribution is 2.33. The third-order valence-corrected chi connectivity index (χ3v) is 4.13. The molecule has 1 heterocycles. The summed E-state index contributed by atoms with van der Waals surface area (Å²) in [5.41, 5.74) is 0.218. The van der Waals surface area contributed by atoms with Crippen LogP contribution in [0.5, 0.6) is 0 Å². The molecular weight excluding hydrogens is 359 g/mol. The van der Waals surface area contributed by atoms with Gasteiger partial charge >= 0.3 is 0 Å². The van der Waals surface area contributed by atoms with E-state index in [9.17, 15) is 18.0 Å². The summed E-state index contributed by atoms with van der Waals surface area (Å²) in [5.74, 6) is -4.10. The van der Waals surface area contributed by atoms with E-state index in [0.717, 1.165) is 4.57 Å². The number of rotatable bonds is 1. The van der Waals surface area contributed by atoms with Crippen LogP contribution >= 0.6 is 15.9 Å². The Morgan fingerprint density at radius 2 is 1.68 bits per heavy atom. The molecule has 0 fully saturated rings. The van der Waals surface area contributed by atoms with Crippen molar-refractivity contribution in [2.24, 2.45) is 0 Å². The lowest BCUT2D eigenvalue weighted by Gasteiger charge is -2.09. The van der Waals surface area contributed by atoms with Crippen molar-refractivity contribution in [3.63, 3.8) is 0 Å². The maximum absolute atomic E-state index is 14.2. The van der Waals surface area contributed by atoms with Gasteiger partial charge in [-0.25, -0.2) is 13.2 Å². The van der Waals surface area contributed by atoms with Gasteiger partial charge in [0.25, 0.3) is 5.91 Å². The largest absolute Gasteiger partial charge is 0.277 e. The summed E-state index contributed by atoms with van der Waals surface area (Å²) in [5, 5.41) is -0.146. The first-order chi connectivity index (χ1) is 10.4. The molecule has 3 rings (SSSR count). The predicted octanol–water partition coefficient (Wildman–Crippen LogP) is 4.82. The smallest absolute Gasteiger partial charge is 0.262 e. The van der Waals surface area contributed by atoms with Gasteiger partial charge in [-0.3, -0.25) is 9.36 Å². The SMILES string of the molecule is Cc1cc2c(F)c(Br)c(F)c(F)c2n1C(=O)c1ccccc1. The van der Waals surface area contributed by atoms with Crippen LogP contribution in [-0.2, 0) is 0 Å². The number of carbonyl (C=O) groups excluding carboxylic acids is 1. The van der Waals surface area contributed by atoms with Gasteiger partial charge in [0.05, 0.1) is 9.99 Å². The second kappa shape index (κ2) is 5.28. The fourth-order valence-electron chi connectivity index (χ4n) is 2.41. The van der Waals surface area contributed by atoms with Gasteiger partial charge in [0.2, 0.25) is 0 Å². The number of halogens is 4. The zero-order valence-corrected chi connectivity index (χ0v) is 12.9. The minimum Gasteiger partial charge on any atom is -0.277 e. The van der Waals surface area contributed by atoms with Gasteiger partial charge < -0.3 is 0 Å². The number of carbonyl (C=O) groups is 1. The molecule has 0 spiro atoms. The molecule has 0 amide bonds. The molecule has 112 valence electrons. The lowest BCUT2D eigenvalue weighted by Crippen LogP contribution is -2.14. The van der Waals surface area contributed by atoms with Gasteiger partial charge in [-0.1, -0.05) is 18.2 Å². The standard InChI is InChI=1S/C16H9BrF3NO/c1-8-7-10-12(18)11(17)13(19)14(20)15(10)21(8)16(22)9-5-3-2-4-6-9/h2-7H,1H3. The van der Waals surface area contributed by atoms with Crippen LogP contribution in [0.1, 0.15) is 16.1 Å².